The maximum atomic E-state index is 12.8. The molecule has 0 spiro atoms. The average molecular weight is 232 g/mol. The molecule has 1 aromatic heterocycles. The first-order valence-electron chi connectivity index (χ1n) is 5.21. The largest absolute Gasteiger partial charge is 0.328 e. The summed E-state index contributed by atoms with van der Waals surface area (Å²) in [5, 5.41) is 0. The van der Waals surface area contributed by atoms with Gasteiger partial charge in [0.05, 0.1) is 11.9 Å². The van der Waals surface area contributed by atoms with Gasteiger partial charge in [0, 0.05) is 25.5 Å². The van der Waals surface area contributed by atoms with Crippen molar-refractivity contribution in [3.63, 3.8) is 0 Å². The lowest BCUT2D eigenvalue weighted by molar-refractivity contribution is 0.628. The smallest absolute Gasteiger partial charge is 0.151 e. The van der Waals surface area contributed by atoms with Crippen LogP contribution in [-0.4, -0.2) is 17.0 Å². The van der Waals surface area contributed by atoms with Gasteiger partial charge in [-0.2, -0.15) is 0 Å². The Morgan fingerprint density at radius 3 is 2.59 bits per heavy atom. The van der Waals surface area contributed by atoms with Crippen molar-refractivity contribution in [2.24, 2.45) is 5.73 Å². The first-order chi connectivity index (χ1) is 8.20. The van der Waals surface area contributed by atoms with Gasteiger partial charge in [0.25, 0.3) is 0 Å². The van der Waals surface area contributed by atoms with Gasteiger partial charge >= 0.3 is 0 Å². The predicted octanol–water partition coefficient (Wildman–Crippen LogP) is 1.84. The molecule has 0 amide bonds. The first kappa shape index (κ1) is 11.5. The number of halogens is 1. The van der Waals surface area contributed by atoms with Gasteiger partial charge in [-0.15, -0.1) is 0 Å². The molecule has 0 radical (unpaired) electrons. The second-order valence-electron chi connectivity index (χ2n) is 3.61. The minimum absolute atomic E-state index is 0.260. The van der Waals surface area contributed by atoms with Crippen molar-refractivity contribution < 1.29 is 4.39 Å². The van der Waals surface area contributed by atoms with E-state index >= 15 is 0 Å². The highest BCUT2D eigenvalue weighted by molar-refractivity contribution is 5.58. The Bertz CT molecular complexity index is 498. The fourth-order valence-electron chi connectivity index (χ4n) is 1.45. The van der Waals surface area contributed by atoms with Gasteiger partial charge < -0.3 is 10.6 Å². The lowest BCUT2D eigenvalue weighted by Gasteiger charge is -2.18. The van der Waals surface area contributed by atoms with Crippen LogP contribution in [0.1, 0.15) is 5.69 Å². The Hall–Kier alpha value is -2.01. The number of hydrogen-bond donors (Lipinski definition) is 1. The van der Waals surface area contributed by atoms with Crippen LogP contribution >= 0.6 is 0 Å². The van der Waals surface area contributed by atoms with E-state index in [4.69, 9.17) is 5.73 Å². The van der Waals surface area contributed by atoms with Crippen molar-refractivity contribution in [2.75, 3.05) is 11.9 Å². The van der Waals surface area contributed by atoms with Gasteiger partial charge in [-0.1, -0.05) is 0 Å². The summed E-state index contributed by atoms with van der Waals surface area (Å²) in [4.78, 5) is 10.2. The van der Waals surface area contributed by atoms with Crippen molar-refractivity contribution in [1.82, 2.24) is 9.97 Å². The van der Waals surface area contributed by atoms with E-state index in [0.29, 0.717) is 12.4 Å². The molecule has 0 aliphatic heterocycles. The Kier molecular flexibility index (Phi) is 3.30. The molecule has 5 heteroatoms. The Balaban J connectivity index is 2.29. The summed E-state index contributed by atoms with van der Waals surface area (Å²) in [5.74, 6) is 0.420. The summed E-state index contributed by atoms with van der Waals surface area (Å²) in [6.07, 6.45) is 3.27. The number of nitrogens with zero attached hydrogens (tertiary/aromatic N) is 3. The summed E-state index contributed by atoms with van der Waals surface area (Å²) >= 11 is 0. The zero-order valence-corrected chi connectivity index (χ0v) is 9.47. The van der Waals surface area contributed by atoms with Crippen LogP contribution in [0.2, 0.25) is 0 Å². The van der Waals surface area contributed by atoms with E-state index in [-0.39, 0.29) is 5.82 Å². The summed E-state index contributed by atoms with van der Waals surface area (Å²) in [6, 6.07) is 6.19. The highest BCUT2D eigenvalue weighted by Crippen LogP contribution is 2.20. The molecule has 0 atom stereocenters. The lowest BCUT2D eigenvalue weighted by atomic mass is 10.3. The average Bonchev–Trinajstić information content (AvgIpc) is 2.39. The maximum Gasteiger partial charge on any atom is 0.151 e. The second kappa shape index (κ2) is 4.88. The standard InChI is InChI=1S/C12H13FN4/c1-17(11-4-2-9(13)3-5-11)12-8-15-7-10(6-14)16-12/h2-5,7-8H,6,14H2,1H3. The van der Waals surface area contributed by atoms with Crippen molar-refractivity contribution >= 4 is 11.5 Å². The number of rotatable bonds is 3. The molecule has 2 rings (SSSR count). The third-order valence-corrected chi connectivity index (χ3v) is 2.44. The van der Waals surface area contributed by atoms with Crippen LogP contribution in [0.3, 0.4) is 0 Å². The fourth-order valence-corrected chi connectivity index (χ4v) is 1.45. The lowest BCUT2D eigenvalue weighted by Crippen LogP contribution is -2.13. The van der Waals surface area contributed by atoms with E-state index < -0.39 is 0 Å². The van der Waals surface area contributed by atoms with Crippen LogP contribution in [0.4, 0.5) is 15.9 Å². The van der Waals surface area contributed by atoms with Crippen molar-refractivity contribution in [2.45, 2.75) is 6.54 Å². The normalized spacial score (nSPS) is 10.3. The number of benzene rings is 1. The maximum absolute atomic E-state index is 12.8. The van der Waals surface area contributed by atoms with Crippen LogP contribution < -0.4 is 10.6 Å². The number of nitrogens with two attached hydrogens (primary N) is 1. The molecular weight excluding hydrogens is 219 g/mol. The van der Waals surface area contributed by atoms with Crippen molar-refractivity contribution in [3.05, 3.63) is 48.2 Å². The van der Waals surface area contributed by atoms with Crippen molar-refractivity contribution in [3.8, 4) is 0 Å². The highest BCUT2D eigenvalue weighted by atomic mass is 19.1. The highest BCUT2D eigenvalue weighted by Gasteiger charge is 2.06. The molecule has 0 bridgehead atoms. The fraction of sp³-hybridized carbons (Fsp3) is 0.167. The molecule has 0 fully saturated rings. The molecule has 2 aromatic rings. The summed E-state index contributed by atoms with van der Waals surface area (Å²) < 4.78 is 12.8. The van der Waals surface area contributed by atoms with Gasteiger partial charge in [0.2, 0.25) is 0 Å². The van der Waals surface area contributed by atoms with Crippen LogP contribution in [0.25, 0.3) is 0 Å². The van der Waals surface area contributed by atoms with Gasteiger partial charge in [0.15, 0.2) is 5.82 Å². The molecule has 17 heavy (non-hydrogen) atoms. The zero-order chi connectivity index (χ0) is 12.3. The van der Waals surface area contributed by atoms with Crippen molar-refractivity contribution in [1.29, 1.82) is 0 Å². The van der Waals surface area contributed by atoms with Crippen LogP contribution in [0, 0.1) is 5.82 Å². The molecule has 1 heterocycles. The minimum Gasteiger partial charge on any atom is -0.328 e. The van der Waals surface area contributed by atoms with E-state index in [1.807, 2.05) is 11.9 Å². The Labute approximate surface area is 98.9 Å². The first-order valence-corrected chi connectivity index (χ1v) is 5.21. The molecule has 2 N–H and O–H groups in total. The van der Waals surface area contributed by atoms with Gasteiger partial charge in [0.1, 0.15) is 5.82 Å². The van der Waals surface area contributed by atoms with Gasteiger partial charge in [-0.05, 0) is 24.3 Å². The number of anilines is 2. The monoisotopic (exact) mass is 232 g/mol. The van der Waals surface area contributed by atoms with E-state index in [1.54, 1.807) is 24.5 Å². The molecule has 4 nitrogen and oxygen atoms in total. The van der Waals surface area contributed by atoms with E-state index in [1.165, 1.54) is 12.1 Å². The molecule has 0 aliphatic rings. The molecule has 88 valence electrons. The SMILES string of the molecule is CN(c1ccc(F)cc1)c1cncc(CN)n1. The quantitative estimate of drug-likeness (QED) is 0.877. The molecule has 0 saturated heterocycles. The van der Waals surface area contributed by atoms with Crippen LogP contribution in [-0.2, 0) is 6.54 Å². The Morgan fingerprint density at radius 1 is 1.24 bits per heavy atom. The van der Waals surface area contributed by atoms with E-state index in [2.05, 4.69) is 9.97 Å². The molecular formula is C12H13FN4. The predicted molar refractivity (Wildman–Crippen MR) is 64.4 cm³/mol. The summed E-state index contributed by atoms with van der Waals surface area (Å²) in [6.45, 7) is 0.345. The summed E-state index contributed by atoms with van der Waals surface area (Å²) in [5.41, 5.74) is 7.07. The Morgan fingerprint density at radius 2 is 1.94 bits per heavy atom. The third kappa shape index (κ3) is 2.57. The zero-order valence-electron chi connectivity index (χ0n) is 9.47. The molecule has 0 aliphatic carbocycles. The van der Waals surface area contributed by atoms with Crippen LogP contribution in [0.15, 0.2) is 36.7 Å². The number of aromatic nitrogens is 2. The topological polar surface area (TPSA) is 55.0 Å². The summed E-state index contributed by atoms with van der Waals surface area (Å²) in [7, 11) is 1.84. The molecule has 0 saturated carbocycles. The van der Waals surface area contributed by atoms with Gasteiger partial charge in [-0.25, -0.2) is 9.37 Å². The molecule has 0 unspecified atom stereocenters. The van der Waals surface area contributed by atoms with E-state index in [9.17, 15) is 4.39 Å². The van der Waals surface area contributed by atoms with Crippen LogP contribution in [0.5, 0.6) is 0 Å². The number of hydrogen-bond acceptors (Lipinski definition) is 4. The third-order valence-electron chi connectivity index (χ3n) is 2.44. The van der Waals surface area contributed by atoms with E-state index in [0.717, 1.165) is 11.4 Å². The minimum atomic E-state index is -0.260. The molecule has 1 aromatic carbocycles. The second-order valence-corrected chi connectivity index (χ2v) is 3.61. The van der Waals surface area contributed by atoms with Gasteiger partial charge in [-0.3, -0.25) is 4.98 Å².